The summed E-state index contributed by atoms with van der Waals surface area (Å²) in [5, 5.41) is 6.84. The molecule has 1 aliphatic heterocycles. The van der Waals surface area contributed by atoms with Crippen LogP contribution in [0.5, 0.6) is 0 Å². The van der Waals surface area contributed by atoms with Gasteiger partial charge in [0.1, 0.15) is 0 Å². The molecule has 0 amide bonds. The number of hydrogen-bond donors (Lipinski definition) is 2. The van der Waals surface area contributed by atoms with Gasteiger partial charge in [-0.2, -0.15) is 15.0 Å². The Morgan fingerprint density at radius 2 is 1.18 bits per heavy atom. The number of aromatic nitrogens is 3. The molecule has 0 unspecified atom stereocenters. The van der Waals surface area contributed by atoms with E-state index in [0.717, 1.165) is 26.1 Å². The molecule has 0 atom stereocenters. The van der Waals surface area contributed by atoms with Crippen LogP contribution in [-0.2, 0) is 14.2 Å². The Hall–Kier alpha value is -1.26. The van der Waals surface area contributed by atoms with Gasteiger partial charge in [0.25, 0.3) is 0 Å². The van der Waals surface area contributed by atoms with Gasteiger partial charge < -0.3 is 29.7 Å². The average Bonchev–Trinajstić information content (AvgIpc) is 2.94. The zero-order chi connectivity index (χ0) is 27.6. The Morgan fingerprint density at radius 3 is 1.77 bits per heavy atom. The molecule has 226 valence electrons. The van der Waals surface area contributed by atoms with Gasteiger partial charge in [0.05, 0.1) is 39.6 Å². The van der Waals surface area contributed by atoms with E-state index in [0.29, 0.717) is 64.6 Å². The van der Waals surface area contributed by atoms with Crippen molar-refractivity contribution >= 4 is 23.5 Å². The van der Waals surface area contributed by atoms with Crippen molar-refractivity contribution in [3.8, 4) is 0 Å². The highest BCUT2D eigenvalue weighted by Gasteiger charge is 2.13. The molecule has 0 aliphatic carbocycles. The maximum Gasteiger partial charge on any atom is 0.231 e. The van der Waals surface area contributed by atoms with Crippen molar-refractivity contribution in [1.82, 2.24) is 20.3 Å². The number of rotatable bonds is 17. The lowest BCUT2D eigenvalue weighted by Crippen LogP contribution is -2.33. The van der Waals surface area contributed by atoms with E-state index in [-0.39, 0.29) is 5.28 Å². The number of anilines is 2. The van der Waals surface area contributed by atoms with Crippen molar-refractivity contribution < 1.29 is 14.2 Å². The van der Waals surface area contributed by atoms with E-state index >= 15 is 0 Å². The zero-order valence-corrected chi connectivity index (χ0v) is 25.3. The summed E-state index contributed by atoms with van der Waals surface area (Å²) in [7, 11) is 0. The van der Waals surface area contributed by atoms with Crippen LogP contribution in [0.3, 0.4) is 0 Å². The minimum Gasteiger partial charge on any atom is -0.378 e. The Bertz CT molecular complexity index is 687. The van der Waals surface area contributed by atoms with Gasteiger partial charge in [-0.3, -0.25) is 0 Å². The Kier molecular flexibility index (Phi) is 21.3. The predicted molar refractivity (Wildman–Crippen MR) is 161 cm³/mol. The fraction of sp³-hybridized carbons (Fsp3) is 0.897. The Labute approximate surface area is 242 Å². The second-order valence-electron chi connectivity index (χ2n) is 10.3. The van der Waals surface area contributed by atoms with Crippen LogP contribution in [0.15, 0.2) is 0 Å². The molecule has 9 nitrogen and oxygen atoms in total. The molecule has 2 heterocycles. The van der Waals surface area contributed by atoms with Crippen molar-refractivity contribution in [2.45, 2.75) is 96.8 Å². The lowest BCUT2D eigenvalue weighted by molar-refractivity contribution is 0.0515. The highest BCUT2D eigenvalue weighted by Crippen LogP contribution is 2.15. The largest absolute Gasteiger partial charge is 0.378 e. The van der Waals surface area contributed by atoms with Crippen LogP contribution in [-0.4, -0.2) is 87.3 Å². The first kappa shape index (κ1) is 33.9. The number of nitrogens with zero attached hydrogens (tertiary/aromatic N) is 4. The molecule has 1 aromatic rings. The lowest BCUT2D eigenvalue weighted by Gasteiger charge is -2.23. The number of unbranched alkanes of at least 4 members (excludes halogenated alkanes) is 13. The van der Waals surface area contributed by atoms with E-state index in [9.17, 15) is 0 Å². The molecule has 2 N–H and O–H groups in total. The van der Waals surface area contributed by atoms with Crippen molar-refractivity contribution in [3.63, 3.8) is 0 Å². The molecule has 0 saturated carbocycles. The van der Waals surface area contributed by atoms with Crippen LogP contribution < -0.4 is 15.5 Å². The first-order valence-electron chi connectivity index (χ1n) is 15.6. The summed E-state index contributed by atoms with van der Waals surface area (Å²) < 4.78 is 17.1. The van der Waals surface area contributed by atoms with E-state index in [1.165, 1.54) is 83.5 Å². The summed E-state index contributed by atoms with van der Waals surface area (Å²) in [4.78, 5) is 15.3. The summed E-state index contributed by atoms with van der Waals surface area (Å²) in [5.74, 6) is 1.07. The monoisotopic (exact) mass is 570 g/mol. The van der Waals surface area contributed by atoms with Gasteiger partial charge in [-0.1, -0.05) is 90.4 Å². The SMILES string of the molecule is CCCCCCCCCCCCCCCCNc1nc(Cl)nc(N2CCOCCNCCOCCOCC2)n1. The molecule has 0 aromatic carbocycles. The van der Waals surface area contributed by atoms with Gasteiger partial charge in [-0.05, 0) is 18.0 Å². The van der Waals surface area contributed by atoms with Gasteiger partial charge in [-0.25, -0.2) is 0 Å². The number of hydrogen-bond acceptors (Lipinski definition) is 9. The fourth-order valence-electron chi connectivity index (χ4n) is 4.58. The maximum atomic E-state index is 6.26. The molecular formula is C29H55ClN6O3. The van der Waals surface area contributed by atoms with Gasteiger partial charge >= 0.3 is 0 Å². The smallest absolute Gasteiger partial charge is 0.231 e. The molecule has 1 aromatic heterocycles. The number of ether oxygens (including phenoxy) is 3. The Morgan fingerprint density at radius 1 is 0.667 bits per heavy atom. The first-order valence-corrected chi connectivity index (χ1v) is 16.0. The molecule has 1 saturated heterocycles. The molecular weight excluding hydrogens is 516 g/mol. The van der Waals surface area contributed by atoms with Crippen LogP contribution in [0.2, 0.25) is 5.28 Å². The summed E-state index contributed by atoms with van der Waals surface area (Å²) in [5.41, 5.74) is 0. The van der Waals surface area contributed by atoms with Crippen molar-refractivity contribution in [2.75, 3.05) is 82.6 Å². The van der Waals surface area contributed by atoms with Crippen molar-refractivity contribution in [1.29, 1.82) is 0 Å². The van der Waals surface area contributed by atoms with E-state index in [1.54, 1.807) is 0 Å². The highest BCUT2D eigenvalue weighted by molar-refractivity contribution is 6.28. The van der Waals surface area contributed by atoms with Gasteiger partial charge in [0.15, 0.2) is 0 Å². The molecule has 0 spiro atoms. The van der Waals surface area contributed by atoms with Crippen LogP contribution in [0, 0.1) is 0 Å². The summed E-state index contributed by atoms with van der Waals surface area (Å²) in [6, 6.07) is 0. The van der Waals surface area contributed by atoms with Crippen molar-refractivity contribution in [2.24, 2.45) is 0 Å². The second-order valence-corrected chi connectivity index (χ2v) is 10.7. The van der Waals surface area contributed by atoms with E-state index < -0.39 is 0 Å². The predicted octanol–water partition coefficient (Wildman–Crippen LogP) is 5.88. The molecule has 2 rings (SSSR count). The maximum absolute atomic E-state index is 6.26. The quantitative estimate of drug-likeness (QED) is 0.223. The topological polar surface area (TPSA) is 93.7 Å². The summed E-state index contributed by atoms with van der Waals surface area (Å²) in [6.45, 7) is 9.60. The normalized spacial score (nSPS) is 16.5. The molecule has 10 heteroatoms. The fourth-order valence-corrected chi connectivity index (χ4v) is 4.73. The standard InChI is InChI=1S/C29H55ClN6O3/c1-2-3-4-5-6-7-8-9-10-11-12-13-14-15-16-32-28-33-27(30)34-29(35-28)36-19-23-37-21-17-31-18-22-38-25-26-39-24-20-36/h31H,2-26H2,1H3,(H,32,33,34,35). The van der Waals surface area contributed by atoms with Gasteiger partial charge in [-0.15, -0.1) is 0 Å². The van der Waals surface area contributed by atoms with Crippen LogP contribution in [0.4, 0.5) is 11.9 Å². The zero-order valence-electron chi connectivity index (χ0n) is 24.6. The third kappa shape index (κ3) is 18.7. The van der Waals surface area contributed by atoms with E-state index in [1.807, 2.05) is 4.90 Å². The van der Waals surface area contributed by atoms with Crippen molar-refractivity contribution in [3.05, 3.63) is 5.28 Å². The minimum absolute atomic E-state index is 0.193. The summed E-state index contributed by atoms with van der Waals surface area (Å²) in [6.07, 6.45) is 18.9. The highest BCUT2D eigenvalue weighted by atomic mass is 35.5. The third-order valence-corrected chi connectivity index (χ3v) is 7.09. The Balaban J connectivity index is 1.61. The molecule has 0 radical (unpaired) electrons. The summed E-state index contributed by atoms with van der Waals surface area (Å²) >= 11 is 6.26. The second kappa shape index (κ2) is 24.5. The van der Waals surface area contributed by atoms with Gasteiger partial charge in [0.2, 0.25) is 17.2 Å². The van der Waals surface area contributed by atoms with Crippen LogP contribution >= 0.6 is 11.6 Å². The van der Waals surface area contributed by atoms with Gasteiger partial charge in [0, 0.05) is 32.7 Å². The van der Waals surface area contributed by atoms with E-state index in [2.05, 4.69) is 32.5 Å². The van der Waals surface area contributed by atoms with Crippen LogP contribution in [0.1, 0.15) is 96.8 Å². The molecule has 39 heavy (non-hydrogen) atoms. The average molecular weight is 571 g/mol. The van der Waals surface area contributed by atoms with E-state index in [4.69, 9.17) is 25.8 Å². The minimum atomic E-state index is 0.193. The molecule has 1 aliphatic rings. The van der Waals surface area contributed by atoms with Crippen LogP contribution in [0.25, 0.3) is 0 Å². The number of nitrogens with one attached hydrogen (secondary N) is 2. The molecule has 0 bridgehead atoms. The third-order valence-electron chi connectivity index (χ3n) is 6.92. The first-order chi connectivity index (χ1) is 19.3. The number of halogens is 1. The molecule has 1 fully saturated rings. The lowest BCUT2D eigenvalue weighted by atomic mass is 10.0.